The Balaban J connectivity index is 2.25. The van der Waals surface area contributed by atoms with Gasteiger partial charge in [0.15, 0.2) is 0 Å². The summed E-state index contributed by atoms with van der Waals surface area (Å²) < 4.78 is 2.33. The molecule has 26 heavy (non-hydrogen) atoms. The number of nitrogens with zero attached hydrogens (tertiary/aromatic N) is 3. The number of carbonyl (C=O) groups excluding carboxylic acids is 1. The molecule has 3 rings (SSSR count). The highest BCUT2D eigenvalue weighted by atomic mass is 35.5. The monoisotopic (exact) mass is 398 g/mol. The van der Waals surface area contributed by atoms with Crippen LogP contribution in [0.15, 0.2) is 21.7 Å². The van der Waals surface area contributed by atoms with Gasteiger partial charge in [-0.2, -0.15) is 0 Å². The third kappa shape index (κ3) is 3.39. The van der Waals surface area contributed by atoms with E-state index in [1.54, 1.807) is 0 Å². The summed E-state index contributed by atoms with van der Waals surface area (Å²) in [6, 6.07) is 2.99. The molecule has 7 nitrogen and oxygen atoms in total. The van der Waals surface area contributed by atoms with Crippen molar-refractivity contribution in [3.63, 3.8) is 0 Å². The van der Waals surface area contributed by atoms with Gasteiger partial charge in [0.1, 0.15) is 6.54 Å². The molecule has 1 aliphatic rings. The van der Waals surface area contributed by atoms with E-state index in [9.17, 15) is 14.4 Å². The Morgan fingerprint density at radius 2 is 2.00 bits per heavy atom. The smallest absolute Gasteiger partial charge is 0.332 e. The van der Waals surface area contributed by atoms with E-state index in [-0.39, 0.29) is 40.1 Å². The molecule has 1 aromatic heterocycles. The van der Waals surface area contributed by atoms with Crippen LogP contribution in [0.4, 0.5) is 0 Å². The maximum Gasteiger partial charge on any atom is 0.332 e. The summed E-state index contributed by atoms with van der Waals surface area (Å²) in [4.78, 5) is 39.7. The predicted molar refractivity (Wildman–Crippen MR) is 102 cm³/mol. The van der Waals surface area contributed by atoms with E-state index in [1.165, 1.54) is 16.7 Å². The molecule has 0 saturated carbocycles. The average Bonchev–Trinajstić information content (AvgIpc) is 3.01. The Bertz CT molecular complexity index is 983. The van der Waals surface area contributed by atoms with E-state index in [1.807, 2.05) is 6.92 Å². The number of rotatable bonds is 5. The Morgan fingerprint density at radius 3 is 2.65 bits per heavy atom. The molecule has 0 aliphatic carbocycles. The van der Waals surface area contributed by atoms with Gasteiger partial charge in [-0.15, -0.1) is 0 Å². The maximum atomic E-state index is 13.0. The first-order valence-corrected chi connectivity index (χ1v) is 9.23. The van der Waals surface area contributed by atoms with Gasteiger partial charge in [0.05, 0.1) is 15.9 Å². The summed E-state index contributed by atoms with van der Waals surface area (Å²) in [6.45, 7) is 3.73. The van der Waals surface area contributed by atoms with Crippen molar-refractivity contribution in [2.45, 2.75) is 38.9 Å². The third-order valence-corrected chi connectivity index (χ3v) is 5.37. The zero-order valence-corrected chi connectivity index (χ0v) is 15.9. The molecular formula is C17H20Cl2N4O3. The van der Waals surface area contributed by atoms with Gasteiger partial charge < -0.3 is 5.73 Å². The lowest BCUT2D eigenvalue weighted by Gasteiger charge is -2.24. The quantitative estimate of drug-likeness (QED) is 0.824. The number of halogens is 2. The number of likely N-dealkylation sites (tertiary alicyclic amines) is 1. The molecule has 1 saturated heterocycles. The largest absolute Gasteiger partial charge is 0.368 e. The molecule has 1 amide bonds. The lowest BCUT2D eigenvalue weighted by molar-refractivity contribution is -0.118. The Kier molecular flexibility index (Phi) is 5.41. The van der Waals surface area contributed by atoms with E-state index in [2.05, 4.69) is 4.90 Å². The van der Waals surface area contributed by atoms with Crippen molar-refractivity contribution >= 4 is 40.0 Å². The van der Waals surface area contributed by atoms with Gasteiger partial charge in [0.25, 0.3) is 5.56 Å². The predicted octanol–water partition coefficient (Wildman–Crippen LogP) is 1.44. The third-order valence-electron chi connectivity index (χ3n) is 4.86. The fourth-order valence-electron chi connectivity index (χ4n) is 3.65. The van der Waals surface area contributed by atoms with Crippen LogP contribution < -0.4 is 17.0 Å². The number of fused-ring (bicyclic) bond motifs is 1. The SMILES string of the molecule is CCN1CCCC1Cn1c(=O)c2c(Cl)cc(Cl)cc2n(CC(N)=O)c1=O. The summed E-state index contributed by atoms with van der Waals surface area (Å²) in [5, 5.41) is 0.575. The van der Waals surface area contributed by atoms with Crippen molar-refractivity contribution in [3.8, 4) is 0 Å². The highest BCUT2D eigenvalue weighted by Crippen LogP contribution is 2.25. The number of hydrogen-bond acceptors (Lipinski definition) is 4. The van der Waals surface area contributed by atoms with E-state index >= 15 is 0 Å². The number of amides is 1. The second-order valence-electron chi connectivity index (χ2n) is 6.46. The van der Waals surface area contributed by atoms with Gasteiger partial charge in [-0.25, -0.2) is 4.79 Å². The lowest BCUT2D eigenvalue weighted by Crippen LogP contribution is -2.46. The van der Waals surface area contributed by atoms with Gasteiger partial charge in [0.2, 0.25) is 5.91 Å². The van der Waals surface area contributed by atoms with E-state index in [0.29, 0.717) is 0 Å². The first kappa shape index (κ1) is 18.9. The number of aromatic nitrogens is 2. The minimum absolute atomic E-state index is 0.0935. The molecule has 1 fully saturated rings. The van der Waals surface area contributed by atoms with Crippen molar-refractivity contribution in [2.24, 2.45) is 5.73 Å². The molecule has 1 aliphatic heterocycles. The van der Waals surface area contributed by atoms with Crippen LogP contribution >= 0.6 is 23.2 Å². The minimum atomic E-state index is -0.689. The summed E-state index contributed by atoms with van der Waals surface area (Å²) in [7, 11) is 0. The van der Waals surface area contributed by atoms with Crippen LogP contribution in [0.2, 0.25) is 10.0 Å². The Labute approximate surface area is 159 Å². The first-order valence-electron chi connectivity index (χ1n) is 8.48. The molecule has 1 unspecified atom stereocenters. The molecule has 2 N–H and O–H groups in total. The van der Waals surface area contributed by atoms with Gasteiger partial charge in [0, 0.05) is 17.6 Å². The van der Waals surface area contributed by atoms with Crippen LogP contribution in [0, 0.1) is 0 Å². The van der Waals surface area contributed by atoms with Crippen molar-refractivity contribution in [3.05, 3.63) is 43.0 Å². The van der Waals surface area contributed by atoms with Crippen LogP contribution in [0.5, 0.6) is 0 Å². The Hall–Kier alpha value is -1.83. The lowest BCUT2D eigenvalue weighted by atomic mass is 10.2. The zero-order valence-electron chi connectivity index (χ0n) is 14.4. The van der Waals surface area contributed by atoms with Crippen LogP contribution in [0.3, 0.4) is 0 Å². The van der Waals surface area contributed by atoms with Gasteiger partial charge in [-0.3, -0.25) is 23.6 Å². The van der Waals surface area contributed by atoms with Crippen LogP contribution in [-0.2, 0) is 17.9 Å². The van der Waals surface area contributed by atoms with Crippen LogP contribution in [0.25, 0.3) is 10.9 Å². The summed E-state index contributed by atoms with van der Waals surface area (Å²) in [6.07, 6.45) is 1.93. The molecule has 2 heterocycles. The zero-order chi connectivity index (χ0) is 19.0. The van der Waals surface area contributed by atoms with Gasteiger partial charge in [-0.05, 0) is 38.1 Å². The fourth-order valence-corrected chi connectivity index (χ4v) is 4.22. The first-order chi connectivity index (χ1) is 12.3. The highest BCUT2D eigenvalue weighted by Gasteiger charge is 2.26. The fraction of sp³-hybridized carbons (Fsp3) is 0.471. The maximum absolute atomic E-state index is 13.0. The van der Waals surface area contributed by atoms with E-state index in [0.717, 1.165) is 30.5 Å². The number of hydrogen-bond donors (Lipinski definition) is 1. The van der Waals surface area contributed by atoms with E-state index in [4.69, 9.17) is 28.9 Å². The normalized spacial score (nSPS) is 17.9. The van der Waals surface area contributed by atoms with Crippen molar-refractivity contribution in [1.82, 2.24) is 14.0 Å². The molecule has 0 bridgehead atoms. The molecule has 1 aromatic carbocycles. The molecule has 0 spiro atoms. The molecule has 0 radical (unpaired) electrons. The van der Waals surface area contributed by atoms with E-state index < -0.39 is 17.2 Å². The number of nitrogens with two attached hydrogens (primary N) is 1. The summed E-state index contributed by atoms with van der Waals surface area (Å²) in [5.41, 5.74) is 4.45. The standard InChI is InChI=1S/C17H20Cl2N4O3/c1-2-21-5-3-4-11(21)8-23-16(25)15-12(19)6-10(18)7-13(15)22(17(23)26)9-14(20)24/h6-7,11H,2-5,8-9H2,1H3,(H2,20,24). The molecule has 2 aromatic rings. The number of benzene rings is 1. The van der Waals surface area contributed by atoms with Crippen molar-refractivity contribution in [2.75, 3.05) is 13.1 Å². The van der Waals surface area contributed by atoms with Crippen molar-refractivity contribution < 1.29 is 4.79 Å². The highest BCUT2D eigenvalue weighted by molar-refractivity contribution is 6.38. The minimum Gasteiger partial charge on any atom is -0.368 e. The Morgan fingerprint density at radius 1 is 1.27 bits per heavy atom. The topological polar surface area (TPSA) is 90.3 Å². The number of likely N-dealkylation sites (N-methyl/N-ethyl adjacent to an activating group) is 1. The van der Waals surface area contributed by atoms with Crippen molar-refractivity contribution in [1.29, 1.82) is 0 Å². The second-order valence-corrected chi connectivity index (χ2v) is 7.30. The number of primary amides is 1. The van der Waals surface area contributed by atoms with Gasteiger partial charge >= 0.3 is 5.69 Å². The van der Waals surface area contributed by atoms with Crippen LogP contribution in [0.1, 0.15) is 19.8 Å². The molecule has 140 valence electrons. The second kappa shape index (κ2) is 7.42. The number of carbonyl (C=O) groups is 1. The molecule has 9 heteroatoms. The summed E-state index contributed by atoms with van der Waals surface area (Å²) in [5.74, 6) is -0.689. The molecule has 1 atom stereocenters. The average molecular weight is 399 g/mol. The van der Waals surface area contributed by atoms with Crippen LogP contribution in [-0.4, -0.2) is 39.1 Å². The van der Waals surface area contributed by atoms with Gasteiger partial charge in [-0.1, -0.05) is 30.1 Å². The summed E-state index contributed by atoms with van der Waals surface area (Å²) >= 11 is 12.3. The molecular weight excluding hydrogens is 379 g/mol.